The van der Waals surface area contributed by atoms with E-state index in [0.29, 0.717) is 24.3 Å². The van der Waals surface area contributed by atoms with Gasteiger partial charge in [0.25, 0.3) is 5.95 Å². The van der Waals surface area contributed by atoms with Gasteiger partial charge in [0.05, 0.1) is 12.6 Å². The molecule has 1 saturated carbocycles. The van der Waals surface area contributed by atoms with Gasteiger partial charge in [0.2, 0.25) is 11.8 Å². The fraction of sp³-hybridized carbons (Fsp3) is 0.765. The summed E-state index contributed by atoms with van der Waals surface area (Å²) in [5.74, 6) is 1.75. The summed E-state index contributed by atoms with van der Waals surface area (Å²) in [6.07, 6.45) is 3.82. The Bertz CT molecular complexity index is 654. The van der Waals surface area contributed by atoms with E-state index in [1.165, 1.54) is 0 Å². The molecule has 1 aliphatic carbocycles. The second kappa shape index (κ2) is 7.00. The fourth-order valence-corrected chi connectivity index (χ4v) is 3.33. The molecule has 1 aromatic heterocycles. The summed E-state index contributed by atoms with van der Waals surface area (Å²) in [5, 5.41) is 16.2. The molecule has 0 spiro atoms. The van der Waals surface area contributed by atoms with E-state index in [1.807, 2.05) is 25.9 Å². The number of likely N-dealkylation sites (tertiary alicyclic amines) is 1. The molecule has 136 valence electrons. The Hall–Kier alpha value is -2.14. The molecular weight excluding hydrogens is 320 g/mol. The molecule has 25 heavy (non-hydrogen) atoms. The van der Waals surface area contributed by atoms with E-state index in [1.54, 1.807) is 0 Å². The maximum Gasteiger partial charge on any atom is 0.265 e. The topological polar surface area (TPSA) is 98.3 Å². The Morgan fingerprint density at radius 1 is 1.40 bits per heavy atom. The lowest BCUT2D eigenvalue weighted by Crippen LogP contribution is -2.51. The quantitative estimate of drug-likeness (QED) is 0.824. The molecule has 1 saturated heterocycles. The molecule has 2 aliphatic rings. The van der Waals surface area contributed by atoms with E-state index in [9.17, 15) is 10.1 Å². The largest absolute Gasteiger partial charge is 0.344 e. The summed E-state index contributed by atoms with van der Waals surface area (Å²) in [7, 11) is 3.76. The number of hydrogen-bond donors (Lipinski definition) is 1. The maximum atomic E-state index is 12.3. The Morgan fingerprint density at radius 2 is 2.08 bits per heavy atom. The Labute approximate surface area is 148 Å². The zero-order chi connectivity index (χ0) is 18.0. The van der Waals surface area contributed by atoms with Crippen molar-refractivity contribution in [2.75, 3.05) is 38.6 Å². The van der Waals surface area contributed by atoms with Gasteiger partial charge in [0.15, 0.2) is 0 Å². The van der Waals surface area contributed by atoms with Crippen LogP contribution in [-0.2, 0) is 4.79 Å². The van der Waals surface area contributed by atoms with Crippen molar-refractivity contribution in [2.45, 2.75) is 44.1 Å². The number of nitrogens with one attached hydrogen (secondary N) is 1. The summed E-state index contributed by atoms with van der Waals surface area (Å²) < 4.78 is 5.36. The van der Waals surface area contributed by atoms with Crippen molar-refractivity contribution in [1.29, 1.82) is 5.26 Å². The first-order chi connectivity index (χ1) is 11.9. The lowest BCUT2D eigenvalue weighted by Gasteiger charge is -2.31. The van der Waals surface area contributed by atoms with E-state index in [4.69, 9.17) is 4.52 Å². The third-order valence-corrected chi connectivity index (χ3v) is 5.16. The first-order valence-electron chi connectivity index (χ1n) is 8.87. The second-order valence-corrected chi connectivity index (χ2v) is 7.51. The molecule has 8 nitrogen and oxygen atoms in total. The third kappa shape index (κ3) is 4.10. The predicted molar refractivity (Wildman–Crippen MR) is 91.9 cm³/mol. The van der Waals surface area contributed by atoms with Crippen molar-refractivity contribution in [1.82, 2.24) is 20.4 Å². The van der Waals surface area contributed by atoms with Gasteiger partial charge in [0.1, 0.15) is 5.54 Å². The highest BCUT2D eigenvalue weighted by molar-refractivity contribution is 5.79. The molecule has 0 bridgehead atoms. The summed E-state index contributed by atoms with van der Waals surface area (Å²) in [4.78, 5) is 20.7. The third-order valence-electron chi connectivity index (χ3n) is 5.16. The lowest BCUT2D eigenvalue weighted by molar-refractivity contribution is -0.123. The van der Waals surface area contributed by atoms with E-state index >= 15 is 0 Å². The van der Waals surface area contributed by atoms with Crippen molar-refractivity contribution in [3.05, 3.63) is 5.89 Å². The van der Waals surface area contributed by atoms with Crippen LogP contribution in [0.5, 0.6) is 0 Å². The van der Waals surface area contributed by atoms with Gasteiger partial charge >= 0.3 is 0 Å². The summed E-state index contributed by atoms with van der Waals surface area (Å²) in [6, 6.07) is 2.27. The van der Waals surface area contributed by atoms with Crippen LogP contribution in [0.2, 0.25) is 0 Å². The average Bonchev–Trinajstić information content (AvgIpc) is 3.33. The van der Waals surface area contributed by atoms with Gasteiger partial charge in [-0.2, -0.15) is 10.2 Å². The summed E-state index contributed by atoms with van der Waals surface area (Å²) in [6.45, 7) is 3.78. The molecule has 0 aromatic carbocycles. The molecule has 1 amide bonds. The highest BCUT2D eigenvalue weighted by Crippen LogP contribution is 2.39. The number of nitriles is 1. The summed E-state index contributed by atoms with van der Waals surface area (Å²) >= 11 is 0. The van der Waals surface area contributed by atoms with Crippen LogP contribution in [-0.4, -0.2) is 60.2 Å². The van der Waals surface area contributed by atoms with Gasteiger partial charge in [-0.1, -0.05) is 0 Å². The number of aromatic nitrogens is 2. The maximum absolute atomic E-state index is 12.3. The first kappa shape index (κ1) is 17.7. The number of rotatable bonds is 6. The Morgan fingerprint density at radius 3 is 2.60 bits per heavy atom. The lowest BCUT2D eigenvalue weighted by atomic mass is 9.96. The number of carbonyl (C=O) groups is 1. The van der Waals surface area contributed by atoms with E-state index in [0.717, 1.165) is 38.8 Å². The minimum Gasteiger partial charge on any atom is -0.344 e. The van der Waals surface area contributed by atoms with Gasteiger partial charge in [-0.25, -0.2) is 0 Å². The number of carbonyl (C=O) groups excluding carboxylic acids is 1. The van der Waals surface area contributed by atoms with Gasteiger partial charge < -0.3 is 14.7 Å². The van der Waals surface area contributed by atoms with Crippen molar-refractivity contribution in [3.8, 4) is 6.07 Å². The highest BCUT2D eigenvalue weighted by Gasteiger charge is 2.43. The van der Waals surface area contributed by atoms with Crippen LogP contribution in [0.3, 0.4) is 0 Å². The smallest absolute Gasteiger partial charge is 0.265 e. The molecule has 0 radical (unpaired) electrons. The van der Waals surface area contributed by atoms with Gasteiger partial charge in [-0.3, -0.25) is 9.69 Å². The molecule has 0 unspecified atom stereocenters. The number of piperidine rings is 1. The van der Waals surface area contributed by atoms with Crippen molar-refractivity contribution in [2.24, 2.45) is 5.92 Å². The van der Waals surface area contributed by atoms with Crippen LogP contribution in [0.1, 0.15) is 44.4 Å². The van der Waals surface area contributed by atoms with Gasteiger partial charge in [-0.05, 0) is 56.8 Å². The normalized spacial score (nSPS) is 21.4. The van der Waals surface area contributed by atoms with Crippen LogP contribution in [0.15, 0.2) is 4.52 Å². The highest BCUT2D eigenvalue weighted by atomic mass is 16.5. The summed E-state index contributed by atoms with van der Waals surface area (Å²) in [5.41, 5.74) is -0.720. The SMILES string of the molecule is CN(C)c1noc(C2CCN(CC(=O)N[C@@](C)(C#N)C3CC3)CC2)n1. The molecule has 1 aliphatic heterocycles. The molecule has 2 heterocycles. The Kier molecular flexibility index (Phi) is 4.95. The van der Waals surface area contributed by atoms with Crippen LogP contribution >= 0.6 is 0 Å². The monoisotopic (exact) mass is 346 g/mol. The molecule has 1 N–H and O–H groups in total. The average molecular weight is 346 g/mol. The molecule has 1 atom stereocenters. The minimum atomic E-state index is -0.720. The van der Waals surface area contributed by atoms with Crippen molar-refractivity contribution in [3.63, 3.8) is 0 Å². The first-order valence-corrected chi connectivity index (χ1v) is 8.87. The van der Waals surface area contributed by atoms with Gasteiger partial charge in [0, 0.05) is 20.0 Å². The number of anilines is 1. The zero-order valence-electron chi connectivity index (χ0n) is 15.2. The molecule has 2 fully saturated rings. The van der Waals surface area contributed by atoms with E-state index < -0.39 is 5.54 Å². The molecule has 3 rings (SSSR count). The molecule has 1 aromatic rings. The van der Waals surface area contributed by atoms with Crippen LogP contribution < -0.4 is 10.2 Å². The van der Waals surface area contributed by atoms with Crippen LogP contribution in [0, 0.1) is 17.2 Å². The molecular formula is C17H26N6O2. The van der Waals surface area contributed by atoms with Crippen molar-refractivity contribution >= 4 is 11.9 Å². The van der Waals surface area contributed by atoms with Gasteiger partial charge in [-0.15, -0.1) is 0 Å². The Balaban J connectivity index is 1.47. The van der Waals surface area contributed by atoms with Crippen molar-refractivity contribution < 1.29 is 9.32 Å². The zero-order valence-corrected chi connectivity index (χ0v) is 15.2. The van der Waals surface area contributed by atoms with Crippen LogP contribution in [0.25, 0.3) is 0 Å². The predicted octanol–water partition coefficient (Wildman–Crippen LogP) is 1.12. The van der Waals surface area contributed by atoms with Crippen LogP contribution in [0.4, 0.5) is 5.95 Å². The number of amides is 1. The number of nitrogens with zero attached hydrogens (tertiary/aromatic N) is 5. The number of hydrogen-bond acceptors (Lipinski definition) is 7. The van der Waals surface area contributed by atoms with E-state index in [2.05, 4.69) is 26.4 Å². The second-order valence-electron chi connectivity index (χ2n) is 7.51. The fourth-order valence-electron chi connectivity index (χ4n) is 3.33. The standard InChI is InChI=1S/C17H26N6O2/c1-17(11-18,13-4-5-13)20-14(24)10-23-8-6-12(7-9-23)15-19-16(21-25-15)22(2)3/h12-13H,4-10H2,1-3H3,(H,20,24)/t17-/m0/s1. The molecule has 8 heteroatoms. The van der Waals surface area contributed by atoms with E-state index in [-0.39, 0.29) is 11.8 Å². The minimum absolute atomic E-state index is 0.0675.